The van der Waals surface area contributed by atoms with Gasteiger partial charge in [0.05, 0.1) is 6.10 Å². The van der Waals surface area contributed by atoms with Crippen LogP contribution >= 0.6 is 0 Å². The van der Waals surface area contributed by atoms with Gasteiger partial charge in [-0.05, 0) is 14.1 Å². The van der Waals surface area contributed by atoms with Crippen LogP contribution in [0.3, 0.4) is 0 Å². The predicted molar refractivity (Wildman–Crippen MR) is 49.2 cm³/mol. The number of hydrogen-bond acceptors (Lipinski definition) is 4. The minimum Gasteiger partial charge on any atom is -0.390 e. The molecule has 1 rings (SSSR count). The second-order valence-corrected chi connectivity index (χ2v) is 3.59. The van der Waals surface area contributed by atoms with Crippen molar-refractivity contribution in [3.63, 3.8) is 0 Å². The van der Waals surface area contributed by atoms with Crippen LogP contribution in [-0.4, -0.2) is 62.4 Å². The first-order valence-electron chi connectivity index (χ1n) is 4.47. The fourth-order valence-corrected chi connectivity index (χ4v) is 1.35. The molecule has 72 valence electrons. The Morgan fingerprint density at radius 1 is 1.50 bits per heavy atom. The van der Waals surface area contributed by atoms with Crippen LogP contribution in [0.5, 0.6) is 0 Å². The maximum absolute atomic E-state index is 9.42. The molecule has 0 aromatic rings. The number of aliphatic hydroxyl groups excluding tert-OH is 1. The molecular weight excluding hydrogens is 154 g/mol. The van der Waals surface area contributed by atoms with Gasteiger partial charge in [-0.25, -0.2) is 0 Å². The number of nitrogens with zero attached hydrogens (tertiary/aromatic N) is 1. The molecule has 0 aromatic carbocycles. The van der Waals surface area contributed by atoms with Crippen molar-refractivity contribution in [2.45, 2.75) is 12.1 Å². The Morgan fingerprint density at radius 3 is 2.75 bits per heavy atom. The zero-order chi connectivity index (χ0) is 8.97. The molecule has 0 amide bonds. The van der Waals surface area contributed by atoms with Crippen LogP contribution in [0, 0.1) is 0 Å². The summed E-state index contributed by atoms with van der Waals surface area (Å²) in [5.41, 5.74) is 0. The Hall–Kier alpha value is -0.160. The molecule has 1 aliphatic rings. The van der Waals surface area contributed by atoms with Gasteiger partial charge >= 0.3 is 0 Å². The quantitative estimate of drug-likeness (QED) is 0.483. The molecule has 2 atom stereocenters. The molecule has 1 fully saturated rings. The van der Waals surface area contributed by atoms with E-state index >= 15 is 0 Å². The normalized spacial score (nSPS) is 30.0. The molecule has 0 bridgehead atoms. The summed E-state index contributed by atoms with van der Waals surface area (Å²) in [5.74, 6) is 0. The summed E-state index contributed by atoms with van der Waals surface area (Å²) in [7, 11) is 4.09. The van der Waals surface area contributed by atoms with Crippen molar-refractivity contribution in [1.82, 2.24) is 15.5 Å². The molecule has 12 heavy (non-hydrogen) atoms. The molecule has 1 heterocycles. The lowest BCUT2D eigenvalue weighted by atomic mass is 10.2. The molecule has 1 aliphatic heterocycles. The van der Waals surface area contributed by atoms with E-state index in [0.717, 1.165) is 26.2 Å². The average molecular weight is 173 g/mol. The molecule has 0 spiro atoms. The van der Waals surface area contributed by atoms with Crippen molar-refractivity contribution in [3.05, 3.63) is 0 Å². The number of β-amino-alcohol motifs (C(OH)–C–C–N with tert-alkyl or cyclic N) is 1. The number of nitrogens with one attached hydrogen (secondary N) is 2. The van der Waals surface area contributed by atoms with Gasteiger partial charge in [0.2, 0.25) is 0 Å². The van der Waals surface area contributed by atoms with E-state index in [1.54, 1.807) is 0 Å². The van der Waals surface area contributed by atoms with E-state index in [0.29, 0.717) is 0 Å². The van der Waals surface area contributed by atoms with Gasteiger partial charge in [0, 0.05) is 32.2 Å². The molecule has 4 nitrogen and oxygen atoms in total. The number of aliphatic hydroxyl groups is 1. The largest absolute Gasteiger partial charge is 0.390 e. The topological polar surface area (TPSA) is 47.5 Å². The van der Waals surface area contributed by atoms with E-state index in [9.17, 15) is 5.11 Å². The first-order valence-corrected chi connectivity index (χ1v) is 4.47. The highest BCUT2D eigenvalue weighted by Crippen LogP contribution is 1.97. The molecule has 4 heteroatoms. The van der Waals surface area contributed by atoms with E-state index in [1.165, 1.54) is 0 Å². The summed E-state index contributed by atoms with van der Waals surface area (Å²) in [4.78, 5) is 2.13. The average Bonchev–Trinajstić information content (AvgIpc) is 2.36. The minimum absolute atomic E-state index is 0.216. The van der Waals surface area contributed by atoms with E-state index in [4.69, 9.17) is 0 Å². The smallest absolute Gasteiger partial charge is 0.0829 e. The number of likely N-dealkylation sites (N-methyl/N-ethyl adjacent to an activating group) is 1. The summed E-state index contributed by atoms with van der Waals surface area (Å²) in [5, 5.41) is 15.9. The van der Waals surface area contributed by atoms with Gasteiger partial charge in [-0.2, -0.15) is 0 Å². The predicted octanol–water partition coefficient (Wildman–Crippen LogP) is -1.53. The standard InChI is InChI=1S/C8H19N3O/c1-11(2)4-3-10-7-5-9-6-8(7)12/h7-10,12H,3-6H2,1-2H3/t7-,8-/m1/s1. The highest BCUT2D eigenvalue weighted by Gasteiger charge is 2.23. The van der Waals surface area contributed by atoms with Crippen LogP contribution in [0.2, 0.25) is 0 Å². The molecule has 0 aromatic heterocycles. The lowest BCUT2D eigenvalue weighted by Crippen LogP contribution is -2.42. The Kier molecular flexibility index (Phi) is 3.94. The zero-order valence-corrected chi connectivity index (χ0v) is 7.88. The van der Waals surface area contributed by atoms with Crippen LogP contribution in [0.25, 0.3) is 0 Å². The van der Waals surface area contributed by atoms with Crippen molar-refractivity contribution >= 4 is 0 Å². The summed E-state index contributed by atoms with van der Waals surface area (Å²) >= 11 is 0. The van der Waals surface area contributed by atoms with Crippen molar-refractivity contribution in [1.29, 1.82) is 0 Å². The highest BCUT2D eigenvalue weighted by atomic mass is 16.3. The van der Waals surface area contributed by atoms with Gasteiger partial charge in [0.1, 0.15) is 0 Å². The van der Waals surface area contributed by atoms with Crippen molar-refractivity contribution in [3.8, 4) is 0 Å². The molecular formula is C8H19N3O. The van der Waals surface area contributed by atoms with Gasteiger partial charge in [0.25, 0.3) is 0 Å². The van der Waals surface area contributed by atoms with Gasteiger partial charge in [0.15, 0.2) is 0 Å². The maximum Gasteiger partial charge on any atom is 0.0829 e. The summed E-state index contributed by atoms with van der Waals surface area (Å²) < 4.78 is 0. The SMILES string of the molecule is CN(C)CCN[C@@H]1CNC[C@H]1O. The lowest BCUT2D eigenvalue weighted by Gasteiger charge is -2.17. The fraction of sp³-hybridized carbons (Fsp3) is 1.00. The van der Waals surface area contributed by atoms with Gasteiger partial charge < -0.3 is 20.6 Å². The van der Waals surface area contributed by atoms with Crippen molar-refractivity contribution in [2.75, 3.05) is 40.3 Å². The molecule has 0 saturated carbocycles. The third-order valence-corrected chi connectivity index (χ3v) is 2.15. The third-order valence-electron chi connectivity index (χ3n) is 2.15. The number of hydrogen-bond donors (Lipinski definition) is 3. The third kappa shape index (κ3) is 3.06. The first kappa shape index (κ1) is 9.92. The Bertz CT molecular complexity index is 129. The van der Waals surface area contributed by atoms with E-state index in [2.05, 4.69) is 15.5 Å². The second kappa shape index (κ2) is 4.77. The lowest BCUT2D eigenvalue weighted by molar-refractivity contribution is 0.162. The molecule has 3 N–H and O–H groups in total. The van der Waals surface area contributed by atoms with Crippen LogP contribution in [-0.2, 0) is 0 Å². The van der Waals surface area contributed by atoms with Crippen LogP contribution in [0.4, 0.5) is 0 Å². The molecule has 1 saturated heterocycles. The Morgan fingerprint density at radius 2 is 2.25 bits per heavy atom. The summed E-state index contributed by atoms with van der Waals surface area (Å²) in [6.07, 6.45) is -0.216. The molecule has 0 unspecified atom stereocenters. The summed E-state index contributed by atoms with van der Waals surface area (Å²) in [6, 6.07) is 0.241. The first-order chi connectivity index (χ1) is 5.70. The molecule has 0 radical (unpaired) electrons. The van der Waals surface area contributed by atoms with Crippen LogP contribution in [0.1, 0.15) is 0 Å². The Labute approximate surface area is 73.9 Å². The van der Waals surface area contributed by atoms with E-state index < -0.39 is 0 Å². The number of rotatable bonds is 4. The highest BCUT2D eigenvalue weighted by molar-refractivity contribution is 4.86. The van der Waals surface area contributed by atoms with E-state index in [1.807, 2.05) is 14.1 Å². The van der Waals surface area contributed by atoms with Crippen LogP contribution < -0.4 is 10.6 Å². The second-order valence-electron chi connectivity index (χ2n) is 3.59. The molecule has 0 aliphatic carbocycles. The zero-order valence-electron chi connectivity index (χ0n) is 7.88. The minimum atomic E-state index is -0.216. The van der Waals surface area contributed by atoms with Crippen molar-refractivity contribution < 1.29 is 5.11 Å². The van der Waals surface area contributed by atoms with Crippen LogP contribution in [0.15, 0.2) is 0 Å². The van der Waals surface area contributed by atoms with Gasteiger partial charge in [-0.1, -0.05) is 0 Å². The van der Waals surface area contributed by atoms with Gasteiger partial charge in [-0.15, -0.1) is 0 Å². The van der Waals surface area contributed by atoms with E-state index in [-0.39, 0.29) is 12.1 Å². The fourth-order valence-electron chi connectivity index (χ4n) is 1.35. The maximum atomic E-state index is 9.42. The monoisotopic (exact) mass is 173 g/mol. The Balaban J connectivity index is 2.06. The summed E-state index contributed by atoms with van der Waals surface area (Å²) in [6.45, 7) is 3.56. The van der Waals surface area contributed by atoms with Gasteiger partial charge in [-0.3, -0.25) is 0 Å². The van der Waals surface area contributed by atoms with Crippen molar-refractivity contribution in [2.24, 2.45) is 0 Å².